The van der Waals surface area contributed by atoms with Crippen LogP contribution >= 0.6 is 0 Å². The minimum atomic E-state index is -0.304. The van der Waals surface area contributed by atoms with E-state index in [1.165, 1.54) is 12.0 Å². The molecule has 2 heteroatoms. The molecule has 0 unspecified atom stereocenters. The van der Waals surface area contributed by atoms with Crippen molar-refractivity contribution in [2.24, 2.45) is 0 Å². The van der Waals surface area contributed by atoms with Gasteiger partial charge in [-0.1, -0.05) is 24.3 Å². The molecule has 1 aliphatic carbocycles. The van der Waals surface area contributed by atoms with Crippen LogP contribution in [0.25, 0.3) is 0 Å². The Morgan fingerprint density at radius 2 is 2.21 bits per heavy atom. The van der Waals surface area contributed by atoms with E-state index in [2.05, 4.69) is 23.5 Å². The highest BCUT2D eigenvalue weighted by atomic mass is 16.3. The number of aliphatic hydroxyl groups is 1. The highest BCUT2D eigenvalue weighted by Gasteiger charge is 2.46. The third-order valence-corrected chi connectivity index (χ3v) is 3.66. The lowest BCUT2D eigenvalue weighted by molar-refractivity contribution is 0.0859. The van der Waals surface area contributed by atoms with Crippen molar-refractivity contribution in [3.63, 3.8) is 0 Å². The number of hydrogen-bond donors (Lipinski definition) is 2. The summed E-state index contributed by atoms with van der Waals surface area (Å²) < 4.78 is 0. The first-order valence-corrected chi connectivity index (χ1v) is 5.33. The van der Waals surface area contributed by atoms with Crippen LogP contribution in [0.3, 0.4) is 0 Å². The summed E-state index contributed by atoms with van der Waals surface area (Å²) in [6.45, 7) is 1.05. The van der Waals surface area contributed by atoms with Crippen molar-refractivity contribution in [3.05, 3.63) is 35.4 Å². The van der Waals surface area contributed by atoms with Crippen molar-refractivity contribution >= 4 is 0 Å². The Bertz CT molecular complexity index is 355. The summed E-state index contributed by atoms with van der Waals surface area (Å²) >= 11 is 0. The molecule has 1 aromatic rings. The molecule has 14 heavy (non-hydrogen) atoms. The van der Waals surface area contributed by atoms with Gasteiger partial charge in [-0.25, -0.2) is 0 Å². The van der Waals surface area contributed by atoms with Crippen molar-refractivity contribution in [1.29, 1.82) is 0 Å². The number of fused-ring (bicyclic) bond motifs is 1. The van der Waals surface area contributed by atoms with Crippen LogP contribution in [-0.2, 0) is 6.42 Å². The highest BCUT2D eigenvalue weighted by Crippen LogP contribution is 2.43. The van der Waals surface area contributed by atoms with Gasteiger partial charge in [-0.15, -0.1) is 0 Å². The Balaban J connectivity index is 2.04. The van der Waals surface area contributed by atoms with Gasteiger partial charge in [0.15, 0.2) is 0 Å². The zero-order chi connectivity index (χ0) is 9.60. The summed E-state index contributed by atoms with van der Waals surface area (Å²) in [4.78, 5) is 0. The summed E-state index contributed by atoms with van der Waals surface area (Å²) in [5.74, 6) is 0. The number of hydrogen-bond acceptors (Lipinski definition) is 2. The fraction of sp³-hybridized carbons (Fsp3) is 0.500. The van der Waals surface area contributed by atoms with Gasteiger partial charge in [-0.2, -0.15) is 0 Å². The van der Waals surface area contributed by atoms with Crippen molar-refractivity contribution < 1.29 is 5.11 Å². The largest absolute Gasteiger partial charge is 0.386 e. The zero-order valence-corrected chi connectivity index (χ0v) is 8.16. The van der Waals surface area contributed by atoms with Gasteiger partial charge < -0.3 is 10.4 Å². The van der Waals surface area contributed by atoms with Crippen molar-refractivity contribution in [1.82, 2.24) is 5.32 Å². The van der Waals surface area contributed by atoms with Crippen LogP contribution in [0, 0.1) is 0 Å². The number of benzene rings is 1. The van der Waals surface area contributed by atoms with Gasteiger partial charge in [-0.05, 0) is 36.9 Å². The third kappa shape index (κ3) is 0.983. The molecular formula is C12H15NO. The zero-order valence-electron chi connectivity index (χ0n) is 8.16. The minimum Gasteiger partial charge on any atom is -0.386 e. The van der Waals surface area contributed by atoms with E-state index in [-0.39, 0.29) is 11.6 Å². The second-order valence-corrected chi connectivity index (χ2v) is 4.46. The van der Waals surface area contributed by atoms with E-state index in [1.807, 2.05) is 6.07 Å². The molecule has 1 heterocycles. The quantitative estimate of drug-likeness (QED) is 0.646. The normalized spacial score (nSPS) is 35.1. The molecule has 1 aromatic carbocycles. The second kappa shape index (κ2) is 2.81. The van der Waals surface area contributed by atoms with Gasteiger partial charge in [0.25, 0.3) is 0 Å². The summed E-state index contributed by atoms with van der Waals surface area (Å²) in [7, 11) is 0. The van der Waals surface area contributed by atoms with Crippen LogP contribution in [0.4, 0.5) is 0 Å². The Morgan fingerprint density at radius 3 is 2.93 bits per heavy atom. The first-order chi connectivity index (χ1) is 6.82. The molecule has 2 nitrogen and oxygen atoms in total. The van der Waals surface area contributed by atoms with Gasteiger partial charge in [0, 0.05) is 0 Å². The maximum atomic E-state index is 10.3. The van der Waals surface area contributed by atoms with E-state index in [9.17, 15) is 5.11 Å². The molecule has 3 rings (SSSR count). The molecule has 2 aliphatic rings. The fourth-order valence-electron chi connectivity index (χ4n) is 2.91. The van der Waals surface area contributed by atoms with Crippen LogP contribution in [0.2, 0.25) is 0 Å². The number of aliphatic hydroxyl groups excluding tert-OH is 1. The molecule has 1 fully saturated rings. The molecule has 74 valence electrons. The monoisotopic (exact) mass is 189 g/mol. The van der Waals surface area contributed by atoms with E-state index in [4.69, 9.17) is 0 Å². The van der Waals surface area contributed by atoms with Crippen molar-refractivity contribution in [2.45, 2.75) is 30.9 Å². The van der Waals surface area contributed by atoms with Crippen LogP contribution in [-0.4, -0.2) is 17.2 Å². The molecule has 0 radical (unpaired) electrons. The molecule has 0 amide bonds. The predicted octanol–water partition coefficient (Wildman–Crippen LogP) is 1.40. The highest BCUT2D eigenvalue weighted by molar-refractivity contribution is 5.39. The maximum absolute atomic E-state index is 10.3. The first kappa shape index (κ1) is 8.45. The standard InChI is InChI=1S/C12H15NO/c14-11-10-5-2-1-4-9(10)8-12(11)6-3-7-13-12/h1-2,4-5,11,13-14H,3,6-8H2/t11-,12+/m1/s1. The van der Waals surface area contributed by atoms with Crippen LogP contribution < -0.4 is 5.32 Å². The van der Waals surface area contributed by atoms with E-state index >= 15 is 0 Å². The number of rotatable bonds is 0. The molecule has 2 N–H and O–H groups in total. The van der Waals surface area contributed by atoms with E-state index in [0.717, 1.165) is 24.9 Å². The topological polar surface area (TPSA) is 32.3 Å². The van der Waals surface area contributed by atoms with Gasteiger partial charge in [-0.3, -0.25) is 0 Å². The molecule has 0 aromatic heterocycles. The molecule has 1 aliphatic heterocycles. The lowest BCUT2D eigenvalue weighted by Crippen LogP contribution is -2.43. The van der Waals surface area contributed by atoms with Crippen LogP contribution in [0.5, 0.6) is 0 Å². The van der Waals surface area contributed by atoms with Gasteiger partial charge in [0.05, 0.1) is 11.6 Å². The smallest absolute Gasteiger partial charge is 0.0977 e. The molecule has 0 saturated carbocycles. The van der Waals surface area contributed by atoms with E-state index in [1.54, 1.807) is 0 Å². The Labute approximate surface area is 84.0 Å². The summed E-state index contributed by atoms with van der Waals surface area (Å²) in [6, 6.07) is 8.25. The maximum Gasteiger partial charge on any atom is 0.0977 e. The lowest BCUT2D eigenvalue weighted by Gasteiger charge is -2.28. The molecule has 2 atom stereocenters. The van der Waals surface area contributed by atoms with Gasteiger partial charge >= 0.3 is 0 Å². The Morgan fingerprint density at radius 1 is 1.36 bits per heavy atom. The summed E-state index contributed by atoms with van der Waals surface area (Å²) in [5.41, 5.74) is 2.40. The summed E-state index contributed by atoms with van der Waals surface area (Å²) in [5, 5.41) is 13.7. The molecule has 1 saturated heterocycles. The predicted molar refractivity (Wildman–Crippen MR) is 55.1 cm³/mol. The molecular weight excluding hydrogens is 174 g/mol. The van der Waals surface area contributed by atoms with E-state index < -0.39 is 0 Å². The minimum absolute atomic E-state index is 0.0380. The van der Waals surface area contributed by atoms with E-state index in [0.29, 0.717) is 0 Å². The Hall–Kier alpha value is -0.860. The lowest BCUT2D eigenvalue weighted by atomic mass is 9.91. The number of nitrogens with one attached hydrogen (secondary N) is 1. The fourth-order valence-corrected chi connectivity index (χ4v) is 2.91. The second-order valence-electron chi connectivity index (χ2n) is 4.46. The average Bonchev–Trinajstić information content (AvgIpc) is 2.77. The summed E-state index contributed by atoms with van der Waals surface area (Å²) in [6.07, 6.45) is 2.97. The third-order valence-electron chi connectivity index (χ3n) is 3.66. The van der Waals surface area contributed by atoms with Crippen LogP contribution in [0.15, 0.2) is 24.3 Å². The first-order valence-electron chi connectivity index (χ1n) is 5.33. The van der Waals surface area contributed by atoms with Crippen molar-refractivity contribution in [3.8, 4) is 0 Å². The average molecular weight is 189 g/mol. The van der Waals surface area contributed by atoms with Gasteiger partial charge in [0.1, 0.15) is 0 Å². The Kier molecular flexibility index (Phi) is 1.70. The SMILES string of the molecule is O[C@@H]1c2ccccc2C[C@@]12CCCN2. The molecule has 1 spiro atoms. The molecule has 0 bridgehead atoms. The van der Waals surface area contributed by atoms with Crippen molar-refractivity contribution in [2.75, 3.05) is 6.54 Å². The van der Waals surface area contributed by atoms with Crippen LogP contribution in [0.1, 0.15) is 30.1 Å². The van der Waals surface area contributed by atoms with Gasteiger partial charge in [0.2, 0.25) is 0 Å².